The van der Waals surface area contributed by atoms with E-state index in [1.807, 2.05) is 67.1 Å². The van der Waals surface area contributed by atoms with Gasteiger partial charge in [0.25, 0.3) is 0 Å². The number of benzene rings is 2. The predicted octanol–water partition coefficient (Wildman–Crippen LogP) is 4.67. The van der Waals surface area contributed by atoms with Gasteiger partial charge in [-0.3, -0.25) is 4.98 Å². The maximum absolute atomic E-state index is 5.33. The van der Waals surface area contributed by atoms with Crippen molar-refractivity contribution in [3.63, 3.8) is 0 Å². The number of rotatable bonds is 5. The highest BCUT2D eigenvalue weighted by atomic mass is 16.5. The summed E-state index contributed by atoms with van der Waals surface area (Å²) in [6.45, 7) is 0.731. The molecular weight excluding hydrogens is 322 g/mol. The minimum Gasteiger partial charge on any atom is -0.497 e. The van der Waals surface area contributed by atoms with E-state index in [0.29, 0.717) is 0 Å². The lowest BCUT2D eigenvalue weighted by Crippen LogP contribution is -2.02. The van der Waals surface area contributed by atoms with Gasteiger partial charge < -0.3 is 9.30 Å². The van der Waals surface area contributed by atoms with E-state index in [-0.39, 0.29) is 0 Å². The lowest BCUT2D eigenvalue weighted by atomic mass is 10.1. The van der Waals surface area contributed by atoms with Gasteiger partial charge in [-0.05, 0) is 29.8 Å². The van der Waals surface area contributed by atoms with Crippen molar-refractivity contribution in [2.75, 3.05) is 7.11 Å². The molecule has 2 heterocycles. The highest BCUT2D eigenvalue weighted by molar-refractivity contribution is 5.60. The Balaban J connectivity index is 1.64. The first-order valence-corrected chi connectivity index (χ1v) is 8.49. The van der Waals surface area contributed by atoms with Gasteiger partial charge in [-0.2, -0.15) is 0 Å². The van der Waals surface area contributed by atoms with Gasteiger partial charge >= 0.3 is 0 Å². The van der Waals surface area contributed by atoms with Crippen LogP contribution in [0.1, 0.15) is 5.56 Å². The number of hydrogen-bond donors (Lipinski definition) is 0. The van der Waals surface area contributed by atoms with Crippen LogP contribution in [0.25, 0.3) is 22.6 Å². The molecule has 0 radical (unpaired) electrons. The zero-order chi connectivity index (χ0) is 17.8. The molecule has 0 saturated heterocycles. The van der Waals surface area contributed by atoms with Crippen molar-refractivity contribution in [3.05, 3.63) is 90.9 Å². The Kier molecular flexibility index (Phi) is 4.48. The molecule has 0 aliphatic rings. The molecule has 4 aromatic rings. The standard InChI is InChI=1S/C22H19N3O/c1-26-20-9-5-8-19(15-20)22-24-12-13-25(22)16-17-10-11-23-21(14-17)18-6-3-2-4-7-18/h2-15H,16H2,1H3. The Morgan fingerprint density at radius 2 is 1.69 bits per heavy atom. The van der Waals surface area contributed by atoms with Crippen molar-refractivity contribution in [2.45, 2.75) is 6.54 Å². The maximum Gasteiger partial charge on any atom is 0.140 e. The lowest BCUT2D eigenvalue weighted by molar-refractivity contribution is 0.415. The fourth-order valence-corrected chi connectivity index (χ4v) is 3.00. The maximum atomic E-state index is 5.33. The second-order valence-corrected chi connectivity index (χ2v) is 6.03. The van der Waals surface area contributed by atoms with Crippen LogP contribution < -0.4 is 4.74 Å². The molecule has 4 heteroatoms. The zero-order valence-corrected chi connectivity index (χ0v) is 14.5. The molecule has 2 aromatic heterocycles. The number of pyridine rings is 1. The summed E-state index contributed by atoms with van der Waals surface area (Å²) in [5.41, 5.74) is 4.31. The molecule has 0 N–H and O–H groups in total. The van der Waals surface area contributed by atoms with E-state index in [1.165, 1.54) is 5.56 Å². The van der Waals surface area contributed by atoms with E-state index in [2.05, 4.69) is 32.7 Å². The van der Waals surface area contributed by atoms with Crippen LogP contribution >= 0.6 is 0 Å². The van der Waals surface area contributed by atoms with Crippen LogP contribution in [0.2, 0.25) is 0 Å². The number of hydrogen-bond acceptors (Lipinski definition) is 3. The molecule has 128 valence electrons. The second-order valence-electron chi connectivity index (χ2n) is 6.03. The second kappa shape index (κ2) is 7.23. The van der Waals surface area contributed by atoms with Gasteiger partial charge in [0.1, 0.15) is 11.6 Å². The number of nitrogens with zero attached hydrogens (tertiary/aromatic N) is 3. The molecule has 4 rings (SSSR count). The Labute approximate surface area is 152 Å². The fourth-order valence-electron chi connectivity index (χ4n) is 3.00. The minimum atomic E-state index is 0.731. The van der Waals surface area contributed by atoms with Crippen molar-refractivity contribution in [1.29, 1.82) is 0 Å². The minimum absolute atomic E-state index is 0.731. The van der Waals surface area contributed by atoms with Crippen LogP contribution in [0.4, 0.5) is 0 Å². The van der Waals surface area contributed by atoms with Gasteiger partial charge in [-0.25, -0.2) is 4.98 Å². The molecular formula is C22H19N3O. The monoisotopic (exact) mass is 341 g/mol. The Morgan fingerprint density at radius 1 is 0.846 bits per heavy atom. The molecule has 26 heavy (non-hydrogen) atoms. The van der Waals surface area contributed by atoms with E-state index in [0.717, 1.165) is 34.9 Å². The summed E-state index contributed by atoms with van der Waals surface area (Å²) < 4.78 is 7.47. The highest BCUT2D eigenvalue weighted by Crippen LogP contribution is 2.24. The van der Waals surface area contributed by atoms with Gasteiger partial charge in [0.2, 0.25) is 0 Å². The van der Waals surface area contributed by atoms with E-state index < -0.39 is 0 Å². The summed E-state index contributed by atoms with van der Waals surface area (Å²) in [5, 5.41) is 0. The largest absolute Gasteiger partial charge is 0.497 e. The molecule has 4 nitrogen and oxygen atoms in total. The van der Waals surface area contributed by atoms with Crippen molar-refractivity contribution in [3.8, 4) is 28.4 Å². The van der Waals surface area contributed by atoms with Crippen LogP contribution in [0.5, 0.6) is 5.75 Å². The van der Waals surface area contributed by atoms with Gasteiger partial charge in [0.15, 0.2) is 0 Å². The average molecular weight is 341 g/mol. The topological polar surface area (TPSA) is 39.9 Å². The van der Waals surface area contributed by atoms with E-state index in [4.69, 9.17) is 4.74 Å². The van der Waals surface area contributed by atoms with Gasteiger partial charge in [-0.15, -0.1) is 0 Å². The quantitative estimate of drug-likeness (QED) is 0.530. The normalized spacial score (nSPS) is 10.7. The summed E-state index contributed by atoms with van der Waals surface area (Å²) in [4.78, 5) is 9.03. The SMILES string of the molecule is COc1cccc(-c2nccn2Cc2ccnc(-c3ccccc3)c2)c1. The van der Waals surface area contributed by atoms with Crippen molar-refractivity contribution >= 4 is 0 Å². The van der Waals surface area contributed by atoms with Crippen LogP contribution in [-0.4, -0.2) is 21.6 Å². The van der Waals surface area contributed by atoms with Gasteiger partial charge in [-0.1, -0.05) is 42.5 Å². The summed E-state index contributed by atoms with van der Waals surface area (Å²) >= 11 is 0. The first kappa shape index (κ1) is 16.1. The average Bonchev–Trinajstić information content (AvgIpc) is 3.17. The van der Waals surface area contributed by atoms with Crippen LogP contribution in [0, 0.1) is 0 Å². The third-order valence-corrected chi connectivity index (χ3v) is 4.29. The number of ether oxygens (including phenoxy) is 1. The number of aromatic nitrogens is 3. The first-order chi connectivity index (χ1) is 12.8. The molecule has 0 aliphatic carbocycles. The fraction of sp³-hybridized carbons (Fsp3) is 0.0909. The van der Waals surface area contributed by atoms with Crippen molar-refractivity contribution in [2.24, 2.45) is 0 Å². The molecule has 0 unspecified atom stereocenters. The summed E-state index contributed by atoms with van der Waals surface area (Å²) in [7, 11) is 1.67. The number of methoxy groups -OCH3 is 1. The molecule has 0 saturated carbocycles. The molecule has 0 amide bonds. The van der Waals surface area contributed by atoms with E-state index >= 15 is 0 Å². The molecule has 2 aromatic carbocycles. The van der Waals surface area contributed by atoms with Crippen LogP contribution in [-0.2, 0) is 6.54 Å². The van der Waals surface area contributed by atoms with Gasteiger partial charge in [0.05, 0.1) is 12.8 Å². The Bertz CT molecular complexity index is 1010. The lowest BCUT2D eigenvalue weighted by Gasteiger charge is -2.10. The number of imidazole rings is 1. The van der Waals surface area contributed by atoms with Gasteiger partial charge in [0, 0.05) is 36.3 Å². The predicted molar refractivity (Wildman–Crippen MR) is 103 cm³/mol. The summed E-state index contributed by atoms with van der Waals surface area (Å²) in [6.07, 6.45) is 5.69. The van der Waals surface area contributed by atoms with E-state index in [9.17, 15) is 0 Å². The third kappa shape index (κ3) is 3.35. The summed E-state index contributed by atoms with van der Waals surface area (Å²) in [5.74, 6) is 1.74. The van der Waals surface area contributed by atoms with E-state index in [1.54, 1.807) is 7.11 Å². The molecule has 0 bridgehead atoms. The Hall–Kier alpha value is -3.40. The summed E-state index contributed by atoms with van der Waals surface area (Å²) in [6, 6.07) is 22.4. The molecule has 0 fully saturated rings. The Morgan fingerprint density at radius 3 is 2.54 bits per heavy atom. The van der Waals surface area contributed by atoms with Crippen LogP contribution in [0.15, 0.2) is 85.3 Å². The van der Waals surface area contributed by atoms with Crippen LogP contribution in [0.3, 0.4) is 0 Å². The molecule has 0 atom stereocenters. The van der Waals surface area contributed by atoms with Crippen molar-refractivity contribution < 1.29 is 4.74 Å². The smallest absolute Gasteiger partial charge is 0.140 e. The van der Waals surface area contributed by atoms with Crippen molar-refractivity contribution in [1.82, 2.24) is 14.5 Å². The highest BCUT2D eigenvalue weighted by Gasteiger charge is 2.08. The molecule has 0 aliphatic heterocycles. The third-order valence-electron chi connectivity index (χ3n) is 4.29. The first-order valence-electron chi connectivity index (χ1n) is 8.49. The molecule has 0 spiro atoms. The zero-order valence-electron chi connectivity index (χ0n) is 14.5.